The number of aromatic nitrogens is 1. The average Bonchev–Trinajstić information content (AvgIpc) is 2.46. The van der Waals surface area contributed by atoms with Crippen LogP contribution in [0.5, 0.6) is 5.75 Å². The zero-order valence-electron chi connectivity index (χ0n) is 11.5. The van der Waals surface area contributed by atoms with E-state index in [0.29, 0.717) is 13.2 Å². The predicted octanol–water partition coefficient (Wildman–Crippen LogP) is 2.99. The highest BCUT2D eigenvalue weighted by atomic mass is 16.5. The third-order valence-corrected chi connectivity index (χ3v) is 3.03. The highest BCUT2D eigenvalue weighted by Crippen LogP contribution is 2.19. The van der Waals surface area contributed by atoms with Crippen LogP contribution < -0.4 is 10.5 Å². The van der Waals surface area contributed by atoms with Crippen LogP contribution in [0.25, 0.3) is 0 Å². The van der Waals surface area contributed by atoms with Crippen LogP contribution in [0.4, 0.5) is 0 Å². The third-order valence-electron chi connectivity index (χ3n) is 3.03. The fourth-order valence-electron chi connectivity index (χ4n) is 1.99. The number of hydrogen-bond acceptors (Lipinski definition) is 3. The van der Waals surface area contributed by atoms with E-state index >= 15 is 0 Å². The molecular formula is C16H20N2O. The lowest BCUT2D eigenvalue weighted by molar-refractivity contribution is 0.301. The highest BCUT2D eigenvalue weighted by Gasteiger charge is 2.04. The Balaban J connectivity index is 2.09. The summed E-state index contributed by atoms with van der Waals surface area (Å²) in [5, 5.41) is 0. The average molecular weight is 256 g/mol. The third kappa shape index (κ3) is 3.55. The van der Waals surface area contributed by atoms with E-state index in [2.05, 4.69) is 18.0 Å². The molecule has 0 amide bonds. The molecule has 0 radical (unpaired) electrons. The number of benzene rings is 1. The van der Waals surface area contributed by atoms with Crippen molar-refractivity contribution >= 4 is 0 Å². The quantitative estimate of drug-likeness (QED) is 0.894. The summed E-state index contributed by atoms with van der Waals surface area (Å²) in [5.41, 5.74) is 9.92. The Bertz CT molecular complexity index is 552. The normalized spacial score (nSPS) is 10.5. The largest absolute Gasteiger partial charge is 0.487 e. The maximum absolute atomic E-state index is 5.87. The van der Waals surface area contributed by atoms with Gasteiger partial charge in [-0.2, -0.15) is 0 Å². The summed E-state index contributed by atoms with van der Waals surface area (Å²) in [4.78, 5) is 4.49. The number of pyridine rings is 1. The highest BCUT2D eigenvalue weighted by molar-refractivity contribution is 5.30. The Labute approximate surface area is 114 Å². The zero-order chi connectivity index (χ0) is 13.7. The van der Waals surface area contributed by atoms with Gasteiger partial charge in [-0.1, -0.05) is 31.2 Å². The lowest BCUT2D eigenvalue weighted by atomic mass is 10.1. The second-order valence-electron chi connectivity index (χ2n) is 4.56. The standard InChI is InChI=1S/C16H20N2O/c1-3-15-16(8-7-12(2)18-15)19-11-14-6-4-5-13(9-14)10-17/h4-9H,3,10-11,17H2,1-2H3. The molecule has 0 aliphatic rings. The van der Waals surface area contributed by atoms with Crippen LogP contribution in [-0.4, -0.2) is 4.98 Å². The number of rotatable bonds is 5. The van der Waals surface area contributed by atoms with Crippen molar-refractivity contribution in [1.29, 1.82) is 0 Å². The molecule has 0 atom stereocenters. The van der Waals surface area contributed by atoms with E-state index in [-0.39, 0.29) is 0 Å². The van der Waals surface area contributed by atoms with E-state index in [4.69, 9.17) is 10.5 Å². The van der Waals surface area contributed by atoms with Gasteiger partial charge in [-0.15, -0.1) is 0 Å². The molecule has 0 spiro atoms. The Morgan fingerprint density at radius 3 is 2.68 bits per heavy atom. The van der Waals surface area contributed by atoms with Gasteiger partial charge in [0.05, 0.1) is 5.69 Å². The molecule has 1 aromatic heterocycles. The minimum atomic E-state index is 0.547. The smallest absolute Gasteiger partial charge is 0.141 e. The molecule has 0 saturated carbocycles. The van der Waals surface area contributed by atoms with Crippen molar-refractivity contribution in [1.82, 2.24) is 4.98 Å². The summed E-state index contributed by atoms with van der Waals surface area (Å²) in [6.45, 7) is 5.18. The lowest BCUT2D eigenvalue weighted by Crippen LogP contribution is -2.02. The Hall–Kier alpha value is -1.87. The van der Waals surface area contributed by atoms with Crippen LogP contribution in [0.2, 0.25) is 0 Å². The summed E-state index contributed by atoms with van der Waals surface area (Å²) in [5.74, 6) is 0.867. The SMILES string of the molecule is CCc1nc(C)ccc1OCc1cccc(CN)c1. The Kier molecular flexibility index (Phi) is 4.53. The zero-order valence-corrected chi connectivity index (χ0v) is 11.5. The van der Waals surface area contributed by atoms with Crippen molar-refractivity contribution in [2.24, 2.45) is 5.73 Å². The predicted molar refractivity (Wildman–Crippen MR) is 77.0 cm³/mol. The summed E-state index contributed by atoms with van der Waals surface area (Å²) in [6.07, 6.45) is 0.875. The van der Waals surface area contributed by atoms with Gasteiger partial charge in [-0.3, -0.25) is 4.98 Å². The Morgan fingerprint density at radius 2 is 1.95 bits per heavy atom. The van der Waals surface area contributed by atoms with Crippen molar-refractivity contribution in [3.8, 4) is 5.75 Å². The fraction of sp³-hybridized carbons (Fsp3) is 0.312. The molecule has 0 aliphatic carbocycles. The van der Waals surface area contributed by atoms with Gasteiger partial charge in [-0.05, 0) is 36.6 Å². The van der Waals surface area contributed by atoms with E-state index in [1.807, 2.05) is 37.3 Å². The molecule has 0 aliphatic heterocycles. The number of nitrogens with two attached hydrogens (primary N) is 1. The van der Waals surface area contributed by atoms with Crippen LogP contribution in [0, 0.1) is 6.92 Å². The minimum Gasteiger partial charge on any atom is -0.487 e. The van der Waals surface area contributed by atoms with E-state index in [1.165, 1.54) is 0 Å². The van der Waals surface area contributed by atoms with E-state index < -0.39 is 0 Å². The second kappa shape index (κ2) is 6.34. The number of ether oxygens (including phenoxy) is 1. The van der Waals surface area contributed by atoms with Crippen molar-refractivity contribution in [3.05, 3.63) is 58.9 Å². The maximum Gasteiger partial charge on any atom is 0.141 e. The molecule has 3 nitrogen and oxygen atoms in total. The summed E-state index contributed by atoms with van der Waals surface area (Å²) >= 11 is 0. The lowest BCUT2D eigenvalue weighted by Gasteiger charge is -2.11. The molecule has 2 rings (SSSR count). The van der Waals surface area contributed by atoms with Gasteiger partial charge in [0.1, 0.15) is 12.4 Å². The molecule has 0 bridgehead atoms. The van der Waals surface area contributed by atoms with Crippen LogP contribution in [0.3, 0.4) is 0 Å². The van der Waals surface area contributed by atoms with Gasteiger partial charge in [-0.25, -0.2) is 0 Å². The van der Waals surface area contributed by atoms with Gasteiger partial charge in [0, 0.05) is 12.2 Å². The number of hydrogen-bond donors (Lipinski definition) is 1. The first-order valence-corrected chi connectivity index (χ1v) is 6.60. The van der Waals surface area contributed by atoms with Crippen molar-refractivity contribution < 1.29 is 4.74 Å². The molecule has 1 heterocycles. The van der Waals surface area contributed by atoms with Gasteiger partial charge in [0.15, 0.2) is 0 Å². The van der Waals surface area contributed by atoms with E-state index in [9.17, 15) is 0 Å². The van der Waals surface area contributed by atoms with Gasteiger partial charge < -0.3 is 10.5 Å². The summed E-state index contributed by atoms with van der Waals surface area (Å²) in [7, 11) is 0. The molecule has 0 unspecified atom stereocenters. The molecule has 19 heavy (non-hydrogen) atoms. The van der Waals surface area contributed by atoms with Crippen LogP contribution in [-0.2, 0) is 19.6 Å². The molecule has 100 valence electrons. The first-order chi connectivity index (χ1) is 9.22. The molecule has 0 fully saturated rings. The molecule has 1 aromatic carbocycles. The van der Waals surface area contributed by atoms with Crippen LogP contribution in [0.15, 0.2) is 36.4 Å². The summed E-state index contributed by atoms with van der Waals surface area (Å²) in [6, 6.07) is 12.1. The molecule has 0 saturated heterocycles. The van der Waals surface area contributed by atoms with Gasteiger partial charge in [0.25, 0.3) is 0 Å². The van der Waals surface area contributed by atoms with E-state index in [1.54, 1.807) is 0 Å². The van der Waals surface area contributed by atoms with Crippen LogP contribution in [0.1, 0.15) is 29.4 Å². The van der Waals surface area contributed by atoms with Gasteiger partial charge in [0.2, 0.25) is 0 Å². The Morgan fingerprint density at radius 1 is 1.16 bits per heavy atom. The molecule has 2 N–H and O–H groups in total. The topological polar surface area (TPSA) is 48.1 Å². The summed E-state index contributed by atoms with van der Waals surface area (Å²) < 4.78 is 5.87. The molecule has 2 aromatic rings. The molecular weight excluding hydrogens is 236 g/mol. The fourth-order valence-corrected chi connectivity index (χ4v) is 1.99. The number of nitrogens with zero attached hydrogens (tertiary/aromatic N) is 1. The van der Waals surface area contributed by atoms with Crippen molar-refractivity contribution in [2.45, 2.75) is 33.4 Å². The van der Waals surface area contributed by atoms with E-state index in [0.717, 1.165) is 34.7 Å². The van der Waals surface area contributed by atoms with Crippen molar-refractivity contribution in [3.63, 3.8) is 0 Å². The van der Waals surface area contributed by atoms with Crippen molar-refractivity contribution in [2.75, 3.05) is 0 Å². The number of aryl methyl sites for hydroxylation is 2. The molecule has 3 heteroatoms. The van der Waals surface area contributed by atoms with Gasteiger partial charge >= 0.3 is 0 Å². The first-order valence-electron chi connectivity index (χ1n) is 6.60. The maximum atomic E-state index is 5.87. The first kappa shape index (κ1) is 13.6. The monoisotopic (exact) mass is 256 g/mol. The second-order valence-corrected chi connectivity index (χ2v) is 4.56. The van der Waals surface area contributed by atoms with Crippen LogP contribution >= 0.6 is 0 Å². The minimum absolute atomic E-state index is 0.547.